The monoisotopic (exact) mass is 464 g/mol. The Labute approximate surface area is 189 Å². The van der Waals surface area contributed by atoms with Crippen molar-refractivity contribution in [2.75, 3.05) is 0 Å². The van der Waals surface area contributed by atoms with Crippen molar-refractivity contribution in [3.05, 3.63) is 34.3 Å². The Kier molecular flexibility index (Phi) is 17.6. The average molecular weight is 466 g/mol. The van der Waals surface area contributed by atoms with E-state index in [4.69, 9.17) is 0 Å². The maximum absolute atomic E-state index is 12.1. The van der Waals surface area contributed by atoms with Crippen LogP contribution in [0.15, 0.2) is 28.7 Å². The molecule has 0 fully saturated rings. The third kappa shape index (κ3) is 16.8. The highest BCUT2D eigenvalue weighted by molar-refractivity contribution is 9.10. The summed E-state index contributed by atoms with van der Waals surface area (Å²) in [5, 5.41) is 0. The van der Waals surface area contributed by atoms with Gasteiger partial charge in [-0.1, -0.05) is 138 Å². The zero-order chi connectivity index (χ0) is 21.0. The molecule has 0 bridgehead atoms. The van der Waals surface area contributed by atoms with Gasteiger partial charge in [0.25, 0.3) is 0 Å². The van der Waals surface area contributed by atoms with Crippen LogP contribution in [0.2, 0.25) is 0 Å². The molecule has 1 nitrogen and oxygen atoms in total. The van der Waals surface area contributed by atoms with Crippen LogP contribution in [-0.2, 0) is 11.2 Å². The fraction of sp³-hybridized carbons (Fsp3) is 0.741. The SMILES string of the molecule is CCCCCCCCCCCCCCCCCCCC(=O)Cc1cccc(Br)c1. The first-order valence-electron chi connectivity index (χ1n) is 12.5. The Hall–Kier alpha value is -0.630. The van der Waals surface area contributed by atoms with Crippen LogP contribution in [0.25, 0.3) is 0 Å². The van der Waals surface area contributed by atoms with Crippen LogP contribution in [0.1, 0.15) is 128 Å². The number of Topliss-reactive ketones (excluding diaryl/α,β-unsaturated/α-hetero) is 1. The molecule has 0 aromatic heterocycles. The molecule has 0 aliphatic heterocycles. The molecule has 29 heavy (non-hydrogen) atoms. The summed E-state index contributed by atoms with van der Waals surface area (Å²) in [6, 6.07) is 8.09. The number of unbranched alkanes of at least 4 members (excludes halogenated alkanes) is 16. The lowest BCUT2D eigenvalue weighted by Crippen LogP contribution is -2.02. The van der Waals surface area contributed by atoms with Gasteiger partial charge in [-0.15, -0.1) is 0 Å². The molecule has 0 saturated carbocycles. The molecular weight excluding hydrogens is 420 g/mol. The van der Waals surface area contributed by atoms with Gasteiger partial charge in [0.15, 0.2) is 0 Å². The van der Waals surface area contributed by atoms with Crippen LogP contribution in [0.3, 0.4) is 0 Å². The van der Waals surface area contributed by atoms with Crippen molar-refractivity contribution in [2.45, 2.75) is 129 Å². The molecule has 0 aliphatic carbocycles. The molecule has 0 N–H and O–H groups in total. The van der Waals surface area contributed by atoms with E-state index in [2.05, 4.69) is 22.9 Å². The Morgan fingerprint density at radius 1 is 0.690 bits per heavy atom. The molecular formula is C27H45BrO. The normalized spacial score (nSPS) is 11.1. The molecule has 0 spiro atoms. The fourth-order valence-electron chi connectivity index (χ4n) is 4.01. The molecule has 0 saturated heterocycles. The number of hydrogen-bond acceptors (Lipinski definition) is 1. The minimum atomic E-state index is 0.379. The molecule has 1 rings (SSSR count). The highest BCUT2D eigenvalue weighted by atomic mass is 79.9. The van der Waals surface area contributed by atoms with E-state index in [9.17, 15) is 4.79 Å². The average Bonchev–Trinajstić information content (AvgIpc) is 2.70. The number of ketones is 1. The predicted octanol–water partition coefficient (Wildman–Crippen LogP) is 9.60. The van der Waals surface area contributed by atoms with E-state index in [0.29, 0.717) is 12.2 Å². The Morgan fingerprint density at radius 2 is 1.14 bits per heavy atom. The van der Waals surface area contributed by atoms with E-state index in [-0.39, 0.29) is 0 Å². The fourth-order valence-corrected chi connectivity index (χ4v) is 4.46. The minimum Gasteiger partial charge on any atom is -0.299 e. The number of rotatable bonds is 20. The van der Waals surface area contributed by atoms with Gasteiger partial charge in [0.1, 0.15) is 5.78 Å². The molecule has 0 amide bonds. The Bertz CT molecular complexity index is 511. The molecule has 0 aliphatic rings. The van der Waals surface area contributed by atoms with E-state index < -0.39 is 0 Å². The second-order valence-corrected chi connectivity index (χ2v) is 9.67. The first kappa shape index (κ1) is 26.4. The smallest absolute Gasteiger partial charge is 0.137 e. The van der Waals surface area contributed by atoms with Crippen LogP contribution < -0.4 is 0 Å². The number of carbonyl (C=O) groups is 1. The van der Waals surface area contributed by atoms with E-state index in [1.807, 2.05) is 24.3 Å². The number of hydrogen-bond donors (Lipinski definition) is 0. The van der Waals surface area contributed by atoms with Crippen LogP contribution in [0, 0.1) is 0 Å². The van der Waals surface area contributed by atoms with Gasteiger partial charge in [-0.2, -0.15) is 0 Å². The summed E-state index contributed by atoms with van der Waals surface area (Å²) in [6.07, 6.45) is 24.8. The second-order valence-electron chi connectivity index (χ2n) is 8.75. The van der Waals surface area contributed by atoms with Crippen LogP contribution in [0.5, 0.6) is 0 Å². The van der Waals surface area contributed by atoms with Gasteiger partial charge in [-0.3, -0.25) is 4.79 Å². The van der Waals surface area contributed by atoms with Crippen molar-refractivity contribution < 1.29 is 4.79 Å². The number of carbonyl (C=O) groups excluding carboxylic acids is 1. The Balaban J connectivity index is 1.78. The van der Waals surface area contributed by atoms with Crippen molar-refractivity contribution >= 4 is 21.7 Å². The molecule has 2 heteroatoms. The standard InChI is InChI=1S/C27H45BrO/c1-2-3-4-5-6-7-8-9-10-11-12-13-14-15-16-17-18-22-27(29)24-25-20-19-21-26(28)23-25/h19-21,23H,2-18,22,24H2,1H3. The highest BCUT2D eigenvalue weighted by Gasteiger charge is 2.04. The maximum Gasteiger partial charge on any atom is 0.137 e. The molecule has 0 radical (unpaired) electrons. The van der Waals surface area contributed by atoms with Crippen molar-refractivity contribution in [1.82, 2.24) is 0 Å². The van der Waals surface area contributed by atoms with Gasteiger partial charge >= 0.3 is 0 Å². The van der Waals surface area contributed by atoms with Gasteiger partial charge in [-0.05, 0) is 24.1 Å². The van der Waals surface area contributed by atoms with E-state index in [1.54, 1.807) is 0 Å². The molecule has 1 aromatic rings. The largest absolute Gasteiger partial charge is 0.299 e. The van der Waals surface area contributed by atoms with Gasteiger partial charge in [0.05, 0.1) is 0 Å². The molecule has 0 unspecified atom stereocenters. The Morgan fingerprint density at radius 3 is 1.59 bits per heavy atom. The van der Waals surface area contributed by atoms with Gasteiger partial charge < -0.3 is 0 Å². The summed E-state index contributed by atoms with van der Waals surface area (Å²) in [7, 11) is 0. The summed E-state index contributed by atoms with van der Waals surface area (Å²) in [5.74, 6) is 0.379. The topological polar surface area (TPSA) is 17.1 Å². The maximum atomic E-state index is 12.1. The van der Waals surface area contributed by atoms with Crippen molar-refractivity contribution in [1.29, 1.82) is 0 Å². The highest BCUT2D eigenvalue weighted by Crippen LogP contribution is 2.16. The number of halogens is 1. The first-order chi connectivity index (χ1) is 14.2. The van der Waals surface area contributed by atoms with E-state index in [1.165, 1.54) is 103 Å². The third-order valence-corrected chi connectivity index (χ3v) is 6.34. The lowest BCUT2D eigenvalue weighted by atomic mass is 10.0. The first-order valence-corrected chi connectivity index (χ1v) is 13.3. The summed E-state index contributed by atoms with van der Waals surface area (Å²) in [4.78, 5) is 12.1. The van der Waals surface area contributed by atoms with Gasteiger partial charge in [0.2, 0.25) is 0 Å². The van der Waals surface area contributed by atoms with Gasteiger partial charge in [-0.25, -0.2) is 0 Å². The van der Waals surface area contributed by atoms with E-state index >= 15 is 0 Å². The van der Waals surface area contributed by atoms with Crippen LogP contribution >= 0.6 is 15.9 Å². The molecule has 166 valence electrons. The lowest BCUT2D eigenvalue weighted by Gasteiger charge is -2.04. The zero-order valence-electron chi connectivity index (χ0n) is 19.0. The molecule has 0 heterocycles. The number of benzene rings is 1. The summed E-state index contributed by atoms with van der Waals surface area (Å²) >= 11 is 3.47. The third-order valence-electron chi connectivity index (χ3n) is 5.85. The zero-order valence-corrected chi connectivity index (χ0v) is 20.6. The quantitative estimate of drug-likeness (QED) is 0.175. The van der Waals surface area contributed by atoms with Crippen molar-refractivity contribution in [2.24, 2.45) is 0 Å². The van der Waals surface area contributed by atoms with Gasteiger partial charge in [0, 0.05) is 17.3 Å². The van der Waals surface area contributed by atoms with Crippen molar-refractivity contribution in [3.8, 4) is 0 Å². The lowest BCUT2D eigenvalue weighted by molar-refractivity contribution is -0.118. The summed E-state index contributed by atoms with van der Waals surface area (Å²) < 4.78 is 1.06. The summed E-state index contributed by atoms with van der Waals surface area (Å²) in [6.45, 7) is 2.29. The van der Waals surface area contributed by atoms with Crippen LogP contribution in [0.4, 0.5) is 0 Å². The molecule has 0 atom stereocenters. The second kappa shape index (κ2) is 19.3. The minimum absolute atomic E-state index is 0.379. The summed E-state index contributed by atoms with van der Waals surface area (Å²) in [5.41, 5.74) is 1.12. The molecule has 1 aromatic carbocycles. The van der Waals surface area contributed by atoms with E-state index in [0.717, 1.165) is 22.9 Å². The predicted molar refractivity (Wildman–Crippen MR) is 132 cm³/mol. The van der Waals surface area contributed by atoms with Crippen LogP contribution in [-0.4, -0.2) is 5.78 Å². The van der Waals surface area contributed by atoms with Crippen molar-refractivity contribution in [3.63, 3.8) is 0 Å².